The molecule has 0 aromatic heterocycles. The van der Waals surface area contributed by atoms with Crippen LogP contribution in [0.3, 0.4) is 0 Å². The highest BCUT2D eigenvalue weighted by Crippen LogP contribution is 2.24. The molecule has 0 aliphatic rings. The summed E-state index contributed by atoms with van der Waals surface area (Å²) < 4.78 is 0. The van der Waals surface area contributed by atoms with E-state index in [0.29, 0.717) is 72.8 Å². The molecule has 0 heterocycles. The normalized spacial score (nSPS) is 14.6. The summed E-state index contributed by atoms with van der Waals surface area (Å²) in [5.74, 6) is 5.03. The fourth-order valence-electron chi connectivity index (χ4n) is 6.80. The van der Waals surface area contributed by atoms with Gasteiger partial charge < -0.3 is 34.4 Å². The fraction of sp³-hybridized carbons (Fsp3) is 0.912. The zero-order valence-electron chi connectivity index (χ0n) is 58.7. The van der Waals surface area contributed by atoms with Gasteiger partial charge in [-0.15, -0.1) is 0 Å². The van der Waals surface area contributed by atoms with Gasteiger partial charge in [0.05, 0.1) is 12.1 Å². The van der Waals surface area contributed by atoms with E-state index < -0.39 is 0 Å². The van der Waals surface area contributed by atoms with Gasteiger partial charge in [-0.1, -0.05) is 208 Å². The molecule has 480 valence electrons. The first-order valence-corrected chi connectivity index (χ1v) is 31.2. The largest absolute Gasteiger partial charge is 0.327 e. The topological polar surface area (TPSA) is 259 Å². The highest BCUT2D eigenvalue weighted by atomic mass is 16.1. The second-order valence-corrected chi connectivity index (χ2v) is 31.8. The molecule has 0 rings (SSSR count). The zero-order valence-corrected chi connectivity index (χ0v) is 58.7. The number of hydrogen-bond acceptors (Lipinski definition) is 12. The minimum absolute atomic E-state index is 0.0455. The summed E-state index contributed by atoms with van der Waals surface area (Å²) >= 11 is 0. The lowest BCUT2D eigenvalue weighted by atomic mass is 9.84. The van der Waals surface area contributed by atoms with E-state index in [1.807, 2.05) is 125 Å². The summed E-state index contributed by atoms with van der Waals surface area (Å²) in [5, 5.41) is 0. The molecule has 0 bridgehead atoms. The summed E-state index contributed by atoms with van der Waals surface area (Å²) in [6.07, 6.45) is 11.7. The second-order valence-electron chi connectivity index (χ2n) is 31.8. The molecular weight excluding hydrogens is 997 g/mol. The Morgan fingerprint density at radius 3 is 0.637 bits per heavy atom. The van der Waals surface area contributed by atoms with E-state index in [4.69, 9.17) is 34.4 Å². The van der Waals surface area contributed by atoms with Crippen molar-refractivity contribution in [2.24, 2.45) is 102 Å². The molecule has 0 unspecified atom stereocenters. The van der Waals surface area contributed by atoms with Gasteiger partial charge in [0.2, 0.25) is 0 Å². The number of rotatable bonds is 26. The van der Waals surface area contributed by atoms with Crippen LogP contribution in [0.4, 0.5) is 0 Å². The molecule has 0 aliphatic carbocycles. The van der Waals surface area contributed by atoms with E-state index in [2.05, 4.69) is 83.1 Å². The van der Waals surface area contributed by atoms with Crippen LogP contribution in [0.15, 0.2) is 0 Å². The van der Waals surface area contributed by atoms with Crippen molar-refractivity contribution in [3.8, 4) is 0 Å². The molecule has 0 saturated carbocycles. The third-order valence-corrected chi connectivity index (χ3v) is 13.9. The predicted molar refractivity (Wildman–Crippen MR) is 348 cm³/mol. The Balaban J connectivity index is -0.000000205. The smallest absolute Gasteiger partial charge is 0.154 e. The van der Waals surface area contributed by atoms with E-state index >= 15 is 0 Å². The van der Waals surface area contributed by atoms with Crippen LogP contribution >= 0.6 is 0 Å². The van der Waals surface area contributed by atoms with Crippen molar-refractivity contribution < 1.29 is 28.8 Å². The number of ketones is 6. The van der Waals surface area contributed by atoms with E-state index in [-0.39, 0.29) is 91.9 Å². The van der Waals surface area contributed by atoms with E-state index in [1.165, 1.54) is 0 Å². The van der Waals surface area contributed by atoms with Crippen molar-refractivity contribution in [2.45, 2.75) is 334 Å². The van der Waals surface area contributed by atoms with Crippen LogP contribution < -0.4 is 34.4 Å². The van der Waals surface area contributed by atoms with Gasteiger partial charge in [-0.25, -0.2) is 0 Å². The Labute approximate surface area is 497 Å². The van der Waals surface area contributed by atoms with Crippen molar-refractivity contribution in [1.29, 1.82) is 0 Å². The van der Waals surface area contributed by atoms with Gasteiger partial charge >= 0.3 is 0 Å². The summed E-state index contributed by atoms with van der Waals surface area (Å²) in [6.45, 7) is 60.6. The maximum absolute atomic E-state index is 11.7. The van der Waals surface area contributed by atoms with Crippen LogP contribution in [0.5, 0.6) is 0 Å². The third kappa shape index (κ3) is 55.0. The maximum Gasteiger partial charge on any atom is 0.154 e. The summed E-state index contributed by atoms with van der Waals surface area (Å²) in [5.41, 5.74) is 33.6. The molecule has 0 radical (unpaired) electrons. The van der Waals surface area contributed by atoms with E-state index in [0.717, 1.165) is 64.2 Å². The van der Waals surface area contributed by atoms with Crippen LogP contribution in [0.1, 0.15) is 298 Å². The highest BCUT2D eigenvalue weighted by Gasteiger charge is 2.29. The fourth-order valence-corrected chi connectivity index (χ4v) is 6.80. The van der Waals surface area contributed by atoms with Gasteiger partial charge in [0.15, 0.2) is 11.6 Å². The number of Topliss-reactive ketones (excluding diaryl/α,β-unsaturated/α-hetero) is 6. The Morgan fingerprint density at radius 2 is 0.475 bits per heavy atom. The number of hydrogen-bond donors (Lipinski definition) is 6. The lowest BCUT2D eigenvalue weighted by Crippen LogP contribution is -2.39. The molecule has 0 saturated heterocycles. The lowest BCUT2D eigenvalue weighted by molar-refractivity contribution is -0.128. The van der Waals surface area contributed by atoms with Crippen molar-refractivity contribution in [2.75, 3.05) is 0 Å². The summed E-state index contributed by atoms with van der Waals surface area (Å²) in [7, 11) is 0. The van der Waals surface area contributed by atoms with Crippen LogP contribution in [0.25, 0.3) is 0 Å². The minimum Gasteiger partial charge on any atom is -0.327 e. The molecule has 12 N–H and O–H groups in total. The molecule has 0 aliphatic heterocycles. The molecule has 12 nitrogen and oxygen atoms in total. The van der Waals surface area contributed by atoms with Crippen LogP contribution in [0.2, 0.25) is 0 Å². The molecule has 6 atom stereocenters. The van der Waals surface area contributed by atoms with Crippen molar-refractivity contribution in [3.05, 3.63) is 0 Å². The molecule has 12 heteroatoms. The standard InChI is InChI=1S/2C12H25NO.4C11H23NO/c2*1-9(2)6-7-10(13)8-11(14)12(3,4)5;2*1-8(2)9(12)6-7-10(13)11(3,4)5;2*1-8(2)6-7-9(12)10(13)11(3,4)5/h2*9-10H,6-8,13H2,1-5H3;4*8-9H,6-7,12H2,1-5H3/t2*10-;4*9-/m101010/s1. The average Bonchev–Trinajstić information content (AvgIpc) is 3.27. The highest BCUT2D eigenvalue weighted by molar-refractivity contribution is 5.89. The Hall–Kier alpha value is -2.22. The van der Waals surface area contributed by atoms with E-state index in [1.54, 1.807) is 0 Å². The van der Waals surface area contributed by atoms with Crippen LogP contribution in [-0.2, 0) is 28.8 Å². The third-order valence-electron chi connectivity index (χ3n) is 13.9. The first-order chi connectivity index (χ1) is 35.5. The first kappa shape index (κ1) is 89.0. The van der Waals surface area contributed by atoms with Gasteiger partial charge in [-0.2, -0.15) is 0 Å². The second kappa shape index (κ2) is 42.6. The monoisotopic (exact) mass is 1140 g/mol. The van der Waals surface area contributed by atoms with Gasteiger partial charge in [0.25, 0.3) is 0 Å². The number of carbonyl (C=O) groups excluding carboxylic acids is 6. The van der Waals surface area contributed by atoms with Crippen molar-refractivity contribution in [3.63, 3.8) is 0 Å². The summed E-state index contributed by atoms with van der Waals surface area (Å²) in [6, 6.07) is -0.143. The van der Waals surface area contributed by atoms with Crippen LogP contribution in [-0.4, -0.2) is 71.0 Å². The lowest BCUT2D eigenvalue weighted by Gasteiger charge is -2.22. The van der Waals surface area contributed by atoms with Gasteiger partial charge in [0, 0.05) is 82.3 Å². The maximum atomic E-state index is 11.7. The molecule has 0 amide bonds. The molecule has 0 aromatic rings. The predicted octanol–water partition coefficient (Wildman–Crippen LogP) is 15.0. The van der Waals surface area contributed by atoms with E-state index in [9.17, 15) is 28.8 Å². The Morgan fingerprint density at radius 1 is 0.275 bits per heavy atom. The molecule has 80 heavy (non-hydrogen) atoms. The first-order valence-electron chi connectivity index (χ1n) is 31.2. The average molecular weight is 1140 g/mol. The SMILES string of the molecule is CC(C)CC[C@@H](N)C(=O)C(C)(C)C.CC(C)CC[C@@H](N)CC(=O)C(C)(C)C.CC(C)CC[C@H](N)C(=O)C(C)(C)C.CC(C)CC[C@H](N)CC(=O)C(C)(C)C.CC(C)[C@@H](N)CCC(=O)C(C)(C)C.CC(C)[C@H](N)CCC(=O)C(C)(C)C. The molecule has 0 aromatic carbocycles. The Bertz CT molecular complexity index is 1540. The zero-order chi connectivity index (χ0) is 65.3. The molecular formula is C68H142N6O6. The quantitative estimate of drug-likeness (QED) is 0.0473. The Kier molecular flexibility index (Phi) is 47.3. The summed E-state index contributed by atoms with van der Waals surface area (Å²) in [4.78, 5) is 69.7. The van der Waals surface area contributed by atoms with Gasteiger partial charge in [0.1, 0.15) is 23.1 Å². The molecule has 0 spiro atoms. The van der Waals surface area contributed by atoms with Gasteiger partial charge in [-0.3, -0.25) is 28.8 Å². The minimum atomic E-state index is -0.295. The van der Waals surface area contributed by atoms with Gasteiger partial charge in [-0.05, 0) is 99.7 Å². The van der Waals surface area contributed by atoms with Crippen LogP contribution in [0, 0.1) is 68.0 Å². The van der Waals surface area contributed by atoms with Crippen molar-refractivity contribution >= 4 is 34.7 Å². The number of carbonyl (C=O) groups is 6. The van der Waals surface area contributed by atoms with Crippen molar-refractivity contribution in [1.82, 2.24) is 0 Å². The number of nitrogens with two attached hydrogens (primary N) is 6. The molecule has 0 fully saturated rings.